The average Bonchev–Trinajstić information content (AvgIpc) is 0.794. The predicted octanol–water partition coefficient (Wildman–Crippen LogP) is -12.7. The second-order valence-corrected chi connectivity index (χ2v) is 25.9. The molecule has 0 aromatic carbocycles. The van der Waals surface area contributed by atoms with E-state index in [1.54, 1.807) is 0 Å². The Kier molecular flexibility index (Phi) is 40.4. The van der Waals surface area contributed by atoms with Crippen molar-refractivity contribution >= 4 is 29.3 Å². The number of nitrogens with two attached hydrogens (primary N) is 1. The molecule has 26 N–H and O–H groups in total. The molecule has 0 saturated carbocycles. The molecular formula is C62H111N5O37. The van der Waals surface area contributed by atoms with Crippen LogP contribution in [0.2, 0.25) is 0 Å². The molecule has 0 aromatic heterocycles. The van der Waals surface area contributed by atoms with E-state index in [0.29, 0.717) is 51.6 Å². The molecule has 6 saturated heterocycles. The van der Waals surface area contributed by atoms with Gasteiger partial charge < -0.3 is 175 Å². The normalized spacial score (nSPS) is 38.5. The van der Waals surface area contributed by atoms with Crippen LogP contribution >= 0.6 is 0 Å². The highest BCUT2D eigenvalue weighted by Gasteiger charge is 2.55. The van der Waals surface area contributed by atoms with E-state index in [4.69, 9.17) is 62.6 Å². The molecule has 6 fully saturated rings. The molecule has 0 unspecified atom stereocenters. The smallest absolute Gasteiger partial charge is 0.234 e. The predicted molar refractivity (Wildman–Crippen MR) is 341 cm³/mol. The van der Waals surface area contributed by atoms with Crippen LogP contribution in [0.5, 0.6) is 0 Å². The third-order valence-corrected chi connectivity index (χ3v) is 18.1. The maximum Gasteiger partial charge on any atom is 0.234 e. The van der Waals surface area contributed by atoms with E-state index in [2.05, 4.69) is 21.5 Å². The van der Waals surface area contributed by atoms with E-state index < -0.39 is 230 Å². The highest BCUT2D eigenvalue weighted by molar-refractivity contribution is 5.82. The Morgan fingerprint density at radius 3 is 1.14 bits per heavy atom. The first-order valence-corrected chi connectivity index (χ1v) is 34.8. The number of carbonyl (C=O) groups excluding carboxylic acids is 5. The largest absolute Gasteiger partial charge is 0.394 e. The monoisotopic (exact) mass is 1520 g/mol. The topological polar surface area (TPSA) is 675 Å². The van der Waals surface area contributed by atoms with Gasteiger partial charge in [0.1, 0.15) is 158 Å². The fourth-order valence-corrected chi connectivity index (χ4v) is 11.7. The maximum atomic E-state index is 12.4. The SMILES string of the molecule is CC(=O)[C@H](CCCCN)NNC(=O)CCCCC(=O)NCCO[C@H]1O[C@H](CO[C@H]2O[C@H](CO)[C@@H](O)[C@H](O)[C@@H]2O)[C@@H](O)[C@H](O[C@H]2O[C@H](CO)[C@@H](O)[C@H](O)[C@@H]2O)[C@H]1O.CCNC(=O)CCCCC(=O)CCCO[C@H]1O[C@H](CO[C@H]2O[C@H](CO)[C@@H](O)[C@H](O)[C@@H]2O)[C@@H](O)[C@H](O[C@H]2O[C@H](CO)[C@@H](O)[C@H](O)[C@@H]2O)[C@H]1O. The van der Waals surface area contributed by atoms with Crippen LogP contribution in [0.25, 0.3) is 0 Å². The molecule has 0 aromatic rings. The van der Waals surface area contributed by atoms with E-state index in [1.807, 2.05) is 6.92 Å². The Morgan fingerprint density at radius 1 is 0.385 bits per heavy atom. The van der Waals surface area contributed by atoms with Crippen molar-refractivity contribution in [1.29, 1.82) is 0 Å². The summed E-state index contributed by atoms with van der Waals surface area (Å²) in [4.78, 5) is 60.2. The number of rotatable bonds is 41. The van der Waals surface area contributed by atoms with Gasteiger partial charge in [0.15, 0.2) is 37.7 Å². The van der Waals surface area contributed by atoms with Crippen LogP contribution in [0.3, 0.4) is 0 Å². The van der Waals surface area contributed by atoms with Crippen LogP contribution in [-0.2, 0) is 80.8 Å². The number of nitrogens with one attached hydrogen (secondary N) is 4. The number of unbranched alkanes of at least 4 members (excludes halogenated alkanes) is 3. The molecule has 31 atom stereocenters. The Morgan fingerprint density at radius 2 is 0.740 bits per heavy atom. The molecule has 0 bridgehead atoms. The molecule has 42 heteroatoms. The van der Waals surface area contributed by atoms with E-state index in [0.717, 1.165) is 12.8 Å². The fourth-order valence-electron chi connectivity index (χ4n) is 11.7. The Hall–Kier alpha value is -3.61. The van der Waals surface area contributed by atoms with Gasteiger partial charge in [0.05, 0.1) is 58.9 Å². The second-order valence-electron chi connectivity index (χ2n) is 25.9. The highest BCUT2D eigenvalue weighted by atomic mass is 16.8. The summed E-state index contributed by atoms with van der Waals surface area (Å²) in [5.41, 5.74) is 10.7. The lowest BCUT2D eigenvalue weighted by Gasteiger charge is -2.46. The summed E-state index contributed by atoms with van der Waals surface area (Å²) in [6.45, 7) is -0.420. The first-order chi connectivity index (χ1) is 49.5. The summed E-state index contributed by atoms with van der Waals surface area (Å²) in [5, 5.41) is 210. The summed E-state index contributed by atoms with van der Waals surface area (Å²) in [6.07, 6.45) is -45.0. The number of aliphatic hydroxyl groups is 20. The summed E-state index contributed by atoms with van der Waals surface area (Å²) in [5.74, 6) is -0.985. The third kappa shape index (κ3) is 26.6. The summed E-state index contributed by atoms with van der Waals surface area (Å²) in [6, 6.07) is -0.528. The lowest BCUT2D eigenvalue weighted by Crippen LogP contribution is -2.65. The Bertz CT molecular complexity index is 2490. The molecule has 606 valence electrons. The van der Waals surface area contributed by atoms with Crippen molar-refractivity contribution < 1.29 is 183 Å². The Balaban J connectivity index is 0.000000378. The second kappa shape index (κ2) is 46.1. The number of ketones is 2. The van der Waals surface area contributed by atoms with Crippen LogP contribution in [0.4, 0.5) is 0 Å². The zero-order chi connectivity index (χ0) is 77.1. The standard InChI is InChI=1S/C33H60N4O19.C29H51NO18/c1-15(40)16(6-4-5-9-34)36-37-21(42)8-3-2-7-20(41)35-10-11-51-32-29(50)30(56-33-28(49)26(47)23(44)18(13-39)54-33)24(45)19(55-32)14-52-31-27(48)25(46)22(43)17(12-38)53-31;1-2-30-17(34)8-4-3-6-13(33)7-5-9-43-28-25(42)26(48-29-24(41)22(39)19(36)15(11-32)46-29)20(37)16(47-28)12-44-27-23(40)21(38)18(35)14(10-31)45-27/h16-19,22-33,36,38-39,43-50H,2-14,34H2,1H3,(H,35,41)(H,37,42);14-16,18-29,31-32,35-42H,2-12H2,1H3,(H,30,34)/t16-,17+,18+,19+,22+,23+,24+,25-,26-,27-,28-,29+,30-,31-,32-,33+;14-,15-,16-,18-,19-,20-,21+,22+,23+,24+,25-,26+,27+,28+,29-/m01/s1. The van der Waals surface area contributed by atoms with Gasteiger partial charge in [-0.3, -0.25) is 29.4 Å². The molecule has 104 heavy (non-hydrogen) atoms. The van der Waals surface area contributed by atoms with Crippen molar-refractivity contribution in [2.45, 2.75) is 288 Å². The molecule has 6 heterocycles. The third-order valence-electron chi connectivity index (χ3n) is 18.1. The van der Waals surface area contributed by atoms with Crippen LogP contribution in [0, 0.1) is 0 Å². The lowest BCUT2D eigenvalue weighted by molar-refractivity contribution is -0.366. The molecule has 6 rings (SSSR count). The number of aliphatic hydroxyl groups excluding tert-OH is 20. The molecule has 0 radical (unpaired) electrons. The molecular weight excluding hydrogens is 1410 g/mol. The molecule has 6 aliphatic rings. The van der Waals surface area contributed by atoms with Crippen molar-refractivity contribution in [3.05, 3.63) is 0 Å². The van der Waals surface area contributed by atoms with Gasteiger partial charge >= 0.3 is 0 Å². The van der Waals surface area contributed by atoms with Gasteiger partial charge in [-0.2, -0.15) is 0 Å². The number of hydrazine groups is 1. The molecule has 0 spiro atoms. The minimum Gasteiger partial charge on any atom is -0.394 e. The van der Waals surface area contributed by atoms with Gasteiger partial charge in [0, 0.05) is 45.2 Å². The van der Waals surface area contributed by atoms with Gasteiger partial charge in [-0.15, -0.1) is 0 Å². The molecule has 6 aliphatic heterocycles. The van der Waals surface area contributed by atoms with E-state index >= 15 is 0 Å². The maximum absolute atomic E-state index is 12.4. The van der Waals surface area contributed by atoms with E-state index in [1.165, 1.54) is 6.92 Å². The first-order valence-electron chi connectivity index (χ1n) is 34.8. The van der Waals surface area contributed by atoms with Crippen molar-refractivity contribution in [2.24, 2.45) is 5.73 Å². The van der Waals surface area contributed by atoms with Gasteiger partial charge in [-0.25, -0.2) is 5.43 Å². The van der Waals surface area contributed by atoms with Crippen LogP contribution in [0.1, 0.15) is 97.3 Å². The number of carbonyl (C=O) groups is 5. The first kappa shape index (κ1) is 91.0. The minimum atomic E-state index is -1.91. The van der Waals surface area contributed by atoms with Crippen LogP contribution < -0.4 is 27.2 Å². The van der Waals surface area contributed by atoms with Crippen LogP contribution in [-0.4, -0.2) is 394 Å². The zero-order valence-corrected chi connectivity index (χ0v) is 57.8. The quantitative estimate of drug-likeness (QED) is 0.0200. The van der Waals surface area contributed by atoms with Gasteiger partial charge in [-0.1, -0.05) is 6.42 Å². The molecule has 42 nitrogen and oxygen atoms in total. The van der Waals surface area contributed by atoms with Crippen LogP contribution in [0.15, 0.2) is 0 Å². The van der Waals surface area contributed by atoms with Crippen molar-refractivity contribution in [2.75, 3.05) is 72.5 Å². The van der Waals surface area contributed by atoms with Gasteiger partial charge in [0.25, 0.3) is 0 Å². The summed E-state index contributed by atoms with van der Waals surface area (Å²) < 4.78 is 66.4. The number of amides is 3. The highest BCUT2D eigenvalue weighted by Crippen LogP contribution is 2.34. The zero-order valence-electron chi connectivity index (χ0n) is 57.8. The van der Waals surface area contributed by atoms with Gasteiger partial charge in [-0.05, 0) is 65.3 Å². The number of hydrogen-bond donors (Lipinski definition) is 25. The van der Waals surface area contributed by atoms with Crippen molar-refractivity contribution in [3.63, 3.8) is 0 Å². The summed E-state index contributed by atoms with van der Waals surface area (Å²) in [7, 11) is 0. The molecule has 0 aliphatic carbocycles. The number of Topliss-reactive ketones (excluding diaryl/α,β-unsaturated/α-hetero) is 2. The van der Waals surface area contributed by atoms with Crippen molar-refractivity contribution in [1.82, 2.24) is 21.5 Å². The minimum absolute atomic E-state index is 0.0651. The lowest BCUT2D eigenvalue weighted by atomic mass is 9.96. The fraction of sp³-hybridized carbons (Fsp3) is 0.919. The van der Waals surface area contributed by atoms with E-state index in [-0.39, 0.29) is 81.2 Å². The number of ether oxygens (including phenoxy) is 12. The molecule has 3 amide bonds. The Labute approximate surface area is 598 Å². The van der Waals surface area contributed by atoms with Crippen molar-refractivity contribution in [3.8, 4) is 0 Å². The summed E-state index contributed by atoms with van der Waals surface area (Å²) >= 11 is 0. The average molecular weight is 1520 g/mol. The van der Waals surface area contributed by atoms with Gasteiger partial charge in [0.2, 0.25) is 17.7 Å². The number of hydrogen-bond acceptors (Lipinski definition) is 39. The van der Waals surface area contributed by atoms with E-state index in [9.17, 15) is 126 Å².